The molecule has 0 radical (unpaired) electrons. The lowest BCUT2D eigenvalue weighted by Gasteiger charge is -2.16. The summed E-state index contributed by atoms with van der Waals surface area (Å²) in [6.07, 6.45) is 0. The fourth-order valence-electron chi connectivity index (χ4n) is 2.06. The Balaban J connectivity index is 1.95. The third-order valence-electron chi connectivity index (χ3n) is 3.76. The van der Waals surface area contributed by atoms with Crippen molar-refractivity contribution < 1.29 is 23.9 Å². The molecule has 2 aromatic rings. The van der Waals surface area contributed by atoms with E-state index >= 15 is 0 Å². The third kappa shape index (κ3) is 6.49. The quantitative estimate of drug-likeness (QED) is 0.641. The van der Waals surface area contributed by atoms with Crippen molar-refractivity contribution >= 4 is 39.3 Å². The van der Waals surface area contributed by atoms with Crippen LogP contribution in [0.2, 0.25) is 0 Å². The van der Waals surface area contributed by atoms with E-state index < -0.39 is 11.4 Å². The normalized spacial score (nSPS) is 10.9. The first kappa shape index (κ1) is 21.6. The predicted octanol–water partition coefficient (Wildman–Crippen LogP) is 4.24. The number of ketones is 1. The molecule has 0 saturated heterocycles. The Bertz CT molecular complexity index is 856. The fourth-order valence-corrected chi connectivity index (χ4v) is 2.32. The Kier molecular flexibility index (Phi) is 7.34. The zero-order chi connectivity index (χ0) is 20.7. The summed E-state index contributed by atoms with van der Waals surface area (Å²) >= 11 is 3.32. The van der Waals surface area contributed by atoms with Crippen molar-refractivity contribution in [3.8, 4) is 5.75 Å². The molecule has 2 aromatic carbocycles. The van der Waals surface area contributed by atoms with Gasteiger partial charge in [0.25, 0.3) is 5.91 Å². The van der Waals surface area contributed by atoms with E-state index in [1.54, 1.807) is 63.2 Å². The van der Waals surface area contributed by atoms with Gasteiger partial charge in [-0.3, -0.25) is 9.59 Å². The standard InChI is InChI=1S/C21H22BrNO5/c1-21(2,3)18(24)12-28-20(26)16-6-4-5-7-17(16)27-13-19(25)23-15-10-8-14(22)9-11-15/h4-11H,12-13H2,1-3H3,(H,23,25). The third-order valence-corrected chi connectivity index (χ3v) is 4.29. The molecule has 0 spiro atoms. The number of halogens is 1. The maximum absolute atomic E-state index is 12.3. The van der Waals surface area contributed by atoms with Crippen molar-refractivity contribution in [3.05, 3.63) is 58.6 Å². The maximum Gasteiger partial charge on any atom is 0.342 e. The lowest BCUT2D eigenvalue weighted by molar-refractivity contribution is -0.129. The number of rotatable bonds is 7. The van der Waals surface area contributed by atoms with E-state index in [1.807, 2.05) is 0 Å². The van der Waals surface area contributed by atoms with Crippen LogP contribution in [0.1, 0.15) is 31.1 Å². The van der Waals surface area contributed by atoms with Crippen molar-refractivity contribution in [2.75, 3.05) is 18.5 Å². The van der Waals surface area contributed by atoms with Crippen LogP contribution in [0.15, 0.2) is 53.0 Å². The molecule has 1 amide bonds. The Labute approximate surface area is 172 Å². The van der Waals surface area contributed by atoms with E-state index in [2.05, 4.69) is 21.2 Å². The summed E-state index contributed by atoms with van der Waals surface area (Å²) in [5.74, 6) is -1.02. The van der Waals surface area contributed by atoms with Crippen molar-refractivity contribution in [2.24, 2.45) is 5.41 Å². The number of hydrogen-bond donors (Lipinski definition) is 1. The van der Waals surface area contributed by atoms with E-state index in [-0.39, 0.29) is 36.2 Å². The van der Waals surface area contributed by atoms with Crippen LogP contribution < -0.4 is 10.1 Å². The van der Waals surface area contributed by atoms with Gasteiger partial charge in [0.1, 0.15) is 11.3 Å². The van der Waals surface area contributed by atoms with Gasteiger partial charge in [0, 0.05) is 15.6 Å². The lowest BCUT2D eigenvalue weighted by atomic mass is 9.91. The van der Waals surface area contributed by atoms with Crippen LogP contribution in [0.4, 0.5) is 5.69 Å². The summed E-state index contributed by atoms with van der Waals surface area (Å²) in [5, 5.41) is 2.70. The molecule has 0 aliphatic heterocycles. The van der Waals surface area contributed by atoms with Gasteiger partial charge in [-0.05, 0) is 36.4 Å². The van der Waals surface area contributed by atoms with Crippen LogP contribution in [0.3, 0.4) is 0 Å². The second-order valence-corrected chi connectivity index (χ2v) is 8.00. The second kappa shape index (κ2) is 9.50. The molecule has 0 aliphatic carbocycles. The van der Waals surface area contributed by atoms with Crippen LogP contribution in [-0.2, 0) is 14.3 Å². The number of esters is 1. The van der Waals surface area contributed by atoms with Crippen molar-refractivity contribution in [3.63, 3.8) is 0 Å². The highest BCUT2D eigenvalue weighted by Gasteiger charge is 2.23. The number of amides is 1. The Morgan fingerprint density at radius 3 is 2.25 bits per heavy atom. The molecule has 148 valence electrons. The van der Waals surface area contributed by atoms with Gasteiger partial charge < -0.3 is 14.8 Å². The molecular weight excluding hydrogens is 426 g/mol. The molecule has 0 heterocycles. The highest BCUT2D eigenvalue weighted by Crippen LogP contribution is 2.20. The van der Waals surface area contributed by atoms with Crippen LogP contribution in [0.25, 0.3) is 0 Å². The average Bonchev–Trinajstić information content (AvgIpc) is 2.65. The molecule has 28 heavy (non-hydrogen) atoms. The SMILES string of the molecule is CC(C)(C)C(=O)COC(=O)c1ccccc1OCC(=O)Nc1ccc(Br)cc1. The minimum atomic E-state index is -0.679. The zero-order valence-corrected chi connectivity index (χ0v) is 17.5. The molecule has 0 saturated carbocycles. The molecule has 0 aromatic heterocycles. The van der Waals surface area contributed by atoms with Gasteiger partial charge in [-0.1, -0.05) is 48.8 Å². The number of para-hydroxylation sites is 1. The number of hydrogen-bond acceptors (Lipinski definition) is 5. The molecule has 0 fully saturated rings. The minimum Gasteiger partial charge on any atom is -0.483 e. The minimum absolute atomic E-state index is 0.153. The molecule has 0 atom stereocenters. The van der Waals surface area contributed by atoms with E-state index in [0.29, 0.717) is 5.69 Å². The summed E-state index contributed by atoms with van der Waals surface area (Å²) < 4.78 is 11.5. The van der Waals surface area contributed by atoms with E-state index in [1.165, 1.54) is 6.07 Å². The molecule has 0 bridgehead atoms. The summed E-state index contributed by atoms with van der Waals surface area (Å²) in [6.45, 7) is 4.67. The molecule has 2 rings (SSSR count). The van der Waals surface area contributed by atoms with Gasteiger partial charge in [-0.2, -0.15) is 0 Å². The van der Waals surface area contributed by atoms with E-state index in [9.17, 15) is 14.4 Å². The zero-order valence-electron chi connectivity index (χ0n) is 16.0. The fraction of sp³-hybridized carbons (Fsp3) is 0.286. The molecular formula is C21H22BrNO5. The van der Waals surface area contributed by atoms with E-state index in [4.69, 9.17) is 9.47 Å². The smallest absolute Gasteiger partial charge is 0.342 e. The molecule has 0 unspecified atom stereocenters. The molecule has 0 aliphatic rings. The predicted molar refractivity (Wildman–Crippen MR) is 109 cm³/mol. The Morgan fingerprint density at radius 2 is 1.61 bits per heavy atom. The van der Waals surface area contributed by atoms with Crippen LogP contribution in [0.5, 0.6) is 5.75 Å². The number of carbonyl (C=O) groups is 3. The molecule has 6 nitrogen and oxygen atoms in total. The monoisotopic (exact) mass is 447 g/mol. The Hall–Kier alpha value is -2.67. The summed E-state index contributed by atoms with van der Waals surface area (Å²) in [5.41, 5.74) is 0.187. The summed E-state index contributed by atoms with van der Waals surface area (Å²) in [4.78, 5) is 36.3. The van der Waals surface area contributed by atoms with Gasteiger partial charge in [0.05, 0.1) is 0 Å². The largest absolute Gasteiger partial charge is 0.483 e. The first-order valence-corrected chi connectivity index (χ1v) is 9.44. The number of ether oxygens (including phenoxy) is 2. The molecule has 1 N–H and O–H groups in total. The van der Waals surface area contributed by atoms with Gasteiger partial charge >= 0.3 is 5.97 Å². The maximum atomic E-state index is 12.3. The first-order chi connectivity index (χ1) is 13.2. The highest BCUT2D eigenvalue weighted by atomic mass is 79.9. The number of benzene rings is 2. The lowest BCUT2D eigenvalue weighted by Crippen LogP contribution is -2.26. The average molecular weight is 448 g/mol. The van der Waals surface area contributed by atoms with Crippen molar-refractivity contribution in [1.82, 2.24) is 0 Å². The topological polar surface area (TPSA) is 81.7 Å². The molecule has 7 heteroatoms. The van der Waals surface area contributed by atoms with Gasteiger partial charge in [-0.25, -0.2) is 4.79 Å². The highest BCUT2D eigenvalue weighted by molar-refractivity contribution is 9.10. The van der Waals surface area contributed by atoms with Crippen LogP contribution in [-0.4, -0.2) is 30.9 Å². The van der Waals surface area contributed by atoms with Gasteiger partial charge in [0.2, 0.25) is 0 Å². The van der Waals surface area contributed by atoms with Gasteiger partial charge in [0.15, 0.2) is 19.0 Å². The van der Waals surface area contributed by atoms with Crippen LogP contribution >= 0.6 is 15.9 Å². The number of carbonyl (C=O) groups excluding carboxylic acids is 3. The van der Waals surface area contributed by atoms with Crippen molar-refractivity contribution in [2.45, 2.75) is 20.8 Å². The van der Waals surface area contributed by atoms with Crippen LogP contribution in [0, 0.1) is 5.41 Å². The number of anilines is 1. The van der Waals surface area contributed by atoms with E-state index in [0.717, 1.165) is 4.47 Å². The van der Waals surface area contributed by atoms with Gasteiger partial charge in [-0.15, -0.1) is 0 Å². The summed E-state index contributed by atoms with van der Waals surface area (Å²) in [7, 11) is 0. The van der Waals surface area contributed by atoms with Crippen molar-refractivity contribution in [1.29, 1.82) is 0 Å². The second-order valence-electron chi connectivity index (χ2n) is 7.09. The number of nitrogens with one attached hydrogen (secondary N) is 1. The number of Topliss-reactive ketones (excluding diaryl/α,β-unsaturated/α-hetero) is 1. The Morgan fingerprint density at radius 1 is 0.964 bits per heavy atom. The first-order valence-electron chi connectivity index (χ1n) is 8.64. The summed E-state index contributed by atoms with van der Waals surface area (Å²) in [6, 6.07) is 13.5.